The minimum atomic E-state index is -0.00387. The zero-order chi connectivity index (χ0) is 12.7. The molecule has 1 amide bonds. The molecule has 0 aromatic heterocycles. The topological polar surface area (TPSA) is 58.2 Å². The second kappa shape index (κ2) is 6.81. The molecule has 4 heteroatoms. The van der Waals surface area contributed by atoms with Crippen molar-refractivity contribution in [1.29, 1.82) is 0 Å². The number of amides is 1. The van der Waals surface area contributed by atoms with Crippen molar-refractivity contribution in [3.8, 4) is 0 Å². The Labute approximate surface area is 101 Å². The maximum absolute atomic E-state index is 11.5. The van der Waals surface area contributed by atoms with Gasteiger partial charge in [-0.25, -0.2) is 0 Å². The van der Waals surface area contributed by atoms with Crippen LogP contribution in [0.15, 0.2) is 24.3 Å². The van der Waals surface area contributed by atoms with E-state index < -0.39 is 0 Å². The second-order valence-electron chi connectivity index (χ2n) is 3.89. The molecule has 0 saturated heterocycles. The first-order chi connectivity index (χ1) is 8.13. The zero-order valence-electron chi connectivity index (χ0n) is 10.2. The van der Waals surface area contributed by atoms with Gasteiger partial charge in [-0.05, 0) is 51.2 Å². The number of anilines is 1. The van der Waals surface area contributed by atoms with Gasteiger partial charge in [0.15, 0.2) is 5.78 Å². The molecule has 1 aromatic carbocycles. The summed E-state index contributed by atoms with van der Waals surface area (Å²) in [6.45, 7) is 2.35. The lowest BCUT2D eigenvalue weighted by atomic mass is 10.1. The van der Waals surface area contributed by atoms with Crippen LogP contribution >= 0.6 is 0 Å². The normalized spacial score (nSPS) is 10.0. The van der Waals surface area contributed by atoms with E-state index in [9.17, 15) is 9.59 Å². The van der Waals surface area contributed by atoms with Crippen molar-refractivity contribution < 1.29 is 9.59 Å². The fraction of sp³-hybridized carbons (Fsp3) is 0.385. The number of carbonyl (C=O) groups is 2. The minimum absolute atomic E-state index is 0.00387. The quantitative estimate of drug-likeness (QED) is 0.583. The van der Waals surface area contributed by atoms with Crippen molar-refractivity contribution in [2.24, 2.45) is 0 Å². The number of rotatable bonds is 6. The molecule has 0 aliphatic carbocycles. The molecule has 0 aliphatic heterocycles. The van der Waals surface area contributed by atoms with Crippen LogP contribution < -0.4 is 10.6 Å². The molecule has 0 atom stereocenters. The van der Waals surface area contributed by atoms with E-state index in [1.54, 1.807) is 24.3 Å². The van der Waals surface area contributed by atoms with Crippen LogP contribution in [-0.2, 0) is 4.79 Å². The summed E-state index contributed by atoms with van der Waals surface area (Å²) in [4.78, 5) is 22.6. The minimum Gasteiger partial charge on any atom is -0.326 e. The molecule has 0 saturated carbocycles. The summed E-state index contributed by atoms with van der Waals surface area (Å²) in [5.74, 6) is 0.0210. The third kappa shape index (κ3) is 4.78. The van der Waals surface area contributed by atoms with Gasteiger partial charge in [-0.2, -0.15) is 0 Å². The molecule has 4 nitrogen and oxygen atoms in total. The molecule has 0 spiro atoms. The summed E-state index contributed by atoms with van der Waals surface area (Å²) in [6.07, 6.45) is 1.31. The number of carbonyl (C=O) groups excluding carboxylic acids is 2. The fourth-order valence-electron chi connectivity index (χ4n) is 1.44. The molecule has 0 unspecified atom stereocenters. The number of Topliss-reactive ketones (excluding diaryl/α,β-unsaturated/α-hetero) is 1. The van der Waals surface area contributed by atoms with E-state index in [2.05, 4.69) is 10.6 Å². The first kappa shape index (κ1) is 13.4. The third-order valence-corrected chi connectivity index (χ3v) is 2.41. The first-order valence-corrected chi connectivity index (χ1v) is 5.69. The molecule has 1 aromatic rings. The summed E-state index contributed by atoms with van der Waals surface area (Å²) in [7, 11) is 1.86. The van der Waals surface area contributed by atoms with Gasteiger partial charge < -0.3 is 10.6 Å². The van der Waals surface area contributed by atoms with E-state index in [1.807, 2.05) is 7.05 Å². The van der Waals surface area contributed by atoms with Crippen molar-refractivity contribution in [1.82, 2.24) is 5.32 Å². The van der Waals surface area contributed by atoms with Crippen molar-refractivity contribution in [2.75, 3.05) is 18.9 Å². The molecule has 0 bridgehead atoms. The highest BCUT2D eigenvalue weighted by molar-refractivity contribution is 5.95. The van der Waals surface area contributed by atoms with Crippen molar-refractivity contribution in [3.05, 3.63) is 29.8 Å². The van der Waals surface area contributed by atoms with E-state index >= 15 is 0 Å². The maximum atomic E-state index is 11.5. The van der Waals surface area contributed by atoms with E-state index in [-0.39, 0.29) is 11.7 Å². The monoisotopic (exact) mass is 234 g/mol. The highest BCUT2D eigenvalue weighted by atomic mass is 16.1. The van der Waals surface area contributed by atoms with Gasteiger partial charge in [-0.15, -0.1) is 0 Å². The van der Waals surface area contributed by atoms with Crippen LogP contribution in [0.25, 0.3) is 0 Å². The summed E-state index contributed by atoms with van der Waals surface area (Å²) in [5.41, 5.74) is 1.38. The van der Waals surface area contributed by atoms with Gasteiger partial charge in [0.1, 0.15) is 0 Å². The molecule has 0 heterocycles. The van der Waals surface area contributed by atoms with Crippen LogP contribution in [-0.4, -0.2) is 25.3 Å². The van der Waals surface area contributed by atoms with E-state index in [4.69, 9.17) is 0 Å². The van der Waals surface area contributed by atoms with Crippen LogP contribution in [0.3, 0.4) is 0 Å². The summed E-state index contributed by atoms with van der Waals surface area (Å²) in [6, 6.07) is 6.91. The second-order valence-corrected chi connectivity index (χ2v) is 3.89. The first-order valence-electron chi connectivity index (χ1n) is 5.69. The van der Waals surface area contributed by atoms with Gasteiger partial charge in [0, 0.05) is 17.7 Å². The SMILES string of the molecule is CNCCCC(=O)Nc1ccc(C(C)=O)cc1. The highest BCUT2D eigenvalue weighted by Crippen LogP contribution is 2.10. The molecule has 0 fully saturated rings. The largest absolute Gasteiger partial charge is 0.326 e. The van der Waals surface area contributed by atoms with E-state index in [0.717, 1.165) is 18.7 Å². The van der Waals surface area contributed by atoms with Crippen LogP contribution in [0.4, 0.5) is 5.69 Å². The molecule has 0 radical (unpaired) electrons. The Hall–Kier alpha value is -1.68. The summed E-state index contributed by atoms with van der Waals surface area (Å²) in [5, 5.41) is 5.78. The van der Waals surface area contributed by atoms with Crippen molar-refractivity contribution in [2.45, 2.75) is 19.8 Å². The number of hydrogen-bond acceptors (Lipinski definition) is 3. The average molecular weight is 234 g/mol. The van der Waals surface area contributed by atoms with E-state index in [0.29, 0.717) is 12.0 Å². The summed E-state index contributed by atoms with van der Waals surface area (Å²) >= 11 is 0. The van der Waals surface area contributed by atoms with Crippen molar-refractivity contribution in [3.63, 3.8) is 0 Å². The lowest BCUT2D eigenvalue weighted by Gasteiger charge is -2.05. The molecule has 1 rings (SSSR count). The molecular weight excluding hydrogens is 216 g/mol. The lowest BCUT2D eigenvalue weighted by Crippen LogP contribution is -2.15. The number of nitrogens with one attached hydrogen (secondary N) is 2. The van der Waals surface area contributed by atoms with Crippen LogP contribution in [0.5, 0.6) is 0 Å². The Morgan fingerprint density at radius 2 is 1.82 bits per heavy atom. The molecule has 0 aliphatic rings. The van der Waals surface area contributed by atoms with Gasteiger partial charge in [-0.1, -0.05) is 0 Å². The Balaban J connectivity index is 2.46. The number of hydrogen-bond donors (Lipinski definition) is 2. The standard InChI is InChI=1S/C13H18N2O2/c1-10(16)11-5-7-12(8-6-11)15-13(17)4-3-9-14-2/h5-8,14H,3-4,9H2,1-2H3,(H,15,17). The van der Waals surface area contributed by atoms with Gasteiger partial charge in [-0.3, -0.25) is 9.59 Å². The molecule has 92 valence electrons. The van der Waals surface area contributed by atoms with Gasteiger partial charge in [0.05, 0.1) is 0 Å². The predicted molar refractivity (Wildman–Crippen MR) is 68.2 cm³/mol. The third-order valence-electron chi connectivity index (χ3n) is 2.41. The Morgan fingerprint density at radius 1 is 1.18 bits per heavy atom. The Morgan fingerprint density at radius 3 is 2.35 bits per heavy atom. The Kier molecular flexibility index (Phi) is 5.36. The van der Waals surface area contributed by atoms with Crippen molar-refractivity contribution >= 4 is 17.4 Å². The van der Waals surface area contributed by atoms with Gasteiger partial charge >= 0.3 is 0 Å². The molecular formula is C13H18N2O2. The van der Waals surface area contributed by atoms with Gasteiger partial charge in [0.2, 0.25) is 5.91 Å². The van der Waals surface area contributed by atoms with Crippen LogP contribution in [0.2, 0.25) is 0 Å². The predicted octanol–water partition coefficient (Wildman–Crippen LogP) is 1.83. The number of ketones is 1. The van der Waals surface area contributed by atoms with E-state index in [1.165, 1.54) is 6.92 Å². The Bertz CT molecular complexity index is 385. The average Bonchev–Trinajstić information content (AvgIpc) is 2.30. The highest BCUT2D eigenvalue weighted by Gasteiger charge is 2.03. The molecule has 2 N–H and O–H groups in total. The van der Waals surface area contributed by atoms with Crippen LogP contribution in [0, 0.1) is 0 Å². The van der Waals surface area contributed by atoms with Gasteiger partial charge in [0.25, 0.3) is 0 Å². The lowest BCUT2D eigenvalue weighted by molar-refractivity contribution is -0.116. The zero-order valence-corrected chi connectivity index (χ0v) is 10.2. The maximum Gasteiger partial charge on any atom is 0.224 e. The summed E-state index contributed by atoms with van der Waals surface area (Å²) < 4.78 is 0. The molecule has 17 heavy (non-hydrogen) atoms. The fourth-order valence-corrected chi connectivity index (χ4v) is 1.44. The smallest absolute Gasteiger partial charge is 0.224 e. The number of benzene rings is 1. The van der Waals surface area contributed by atoms with Crippen LogP contribution in [0.1, 0.15) is 30.1 Å².